The minimum Gasteiger partial charge on any atom is -0.382 e. The molecule has 2 aromatic rings. The van der Waals surface area contributed by atoms with Gasteiger partial charge in [0, 0.05) is 15.6 Å². The first-order valence-electron chi connectivity index (χ1n) is 5.41. The summed E-state index contributed by atoms with van der Waals surface area (Å²) in [4.78, 5) is 0. The molecule has 0 spiro atoms. The van der Waals surface area contributed by atoms with Crippen molar-refractivity contribution in [3.05, 3.63) is 34.1 Å². The average molecular weight is 298 g/mol. The second-order valence-corrected chi connectivity index (χ2v) is 4.75. The van der Waals surface area contributed by atoms with Crippen LogP contribution >= 0.6 is 15.9 Å². The normalized spacial score (nSPS) is 10.8. The Balaban J connectivity index is 2.52. The Kier molecular flexibility index (Phi) is 3.47. The van der Waals surface area contributed by atoms with Crippen molar-refractivity contribution in [2.75, 3.05) is 5.73 Å². The van der Waals surface area contributed by atoms with E-state index in [9.17, 15) is 4.39 Å². The molecule has 0 bridgehead atoms. The average Bonchev–Trinajstić information content (AvgIpc) is 2.62. The van der Waals surface area contributed by atoms with Crippen LogP contribution in [0.1, 0.15) is 18.9 Å². The molecule has 3 nitrogen and oxygen atoms in total. The molecular weight excluding hydrogens is 285 g/mol. The van der Waals surface area contributed by atoms with Crippen LogP contribution in [0.3, 0.4) is 0 Å². The monoisotopic (exact) mass is 297 g/mol. The number of nitrogens with two attached hydrogens (primary N) is 1. The fourth-order valence-electron chi connectivity index (χ4n) is 1.80. The third-order valence-corrected chi connectivity index (χ3v) is 3.09. The topological polar surface area (TPSA) is 54.7 Å². The van der Waals surface area contributed by atoms with Crippen LogP contribution in [-0.4, -0.2) is 10.2 Å². The van der Waals surface area contributed by atoms with Crippen molar-refractivity contribution in [3.63, 3.8) is 0 Å². The van der Waals surface area contributed by atoms with Gasteiger partial charge in [0.1, 0.15) is 11.6 Å². The third kappa shape index (κ3) is 2.34. The predicted octanol–water partition coefficient (Wildman–Crippen LogP) is 3.51. The molecule has 0 amide bonds. The van der Waals surface area contributed by atoms with E-state index in [1.54, 1.807) is 12.1 Å². The molecule has 0 aliphatic rings. The number of H-pyrrole nitrogens is 1. The van der Waals surface area contributed by atoms with Crippen LogP contribution in [-0.2, 0) is 6.42 Å². The van der Waals surface area contributed by atoms with Gasteiger partial charge in [0.15, 0.2) is 0 Å². The maximum atomic E-state index is 13.8. The number of aromatic amines is 1. The highest BCUT2D eigenvalue weighted by molar-refractivity contribution is 9.10. The molecule has 0 saturated carbocycles. The fraction of sp³-hybridized carbons (Fsp3) is 0.250. The Morgan fingerprint density at radius 3 is 2.88 bits per heavy atom. The summed E-state index contributed by atoms with van der Waals surface area (Å²) >= 11 is 3.23. The summed E-state index contributed by atoms with van der Waals surface area (Å²) in [6.45, 7) is 2.05. The largest absolute Gasteiger partial charge is 0.382 e. The van der Waals surface area contributed by atoms with E-state index >= 15 is 0 Å². The van der Waals surface area contributed by atoms with E-state index in [-0.39, 0.29) is 5.82 Å². The predicted molar refractivity (Wildman–Crippen MR) is 70.1 cm³/mol. The molecule has 0 atom stereocenters. The highest BCUT2D eigenvalue weighted by atomic mass is 79.9. The summed E-state index contributed by atoms with van der Waals surface area (Å²) < 4.78 is 14.6. The van der Waals surface area contributed by atoms with Crippen molar-refractivity contribution in [1.82, 2.24) is 10.2 Å². The number of benzene rings is 1. The maximum Gasteiger partial charge on any atom is 0.149 e. The highest BCUT2D eigenvalue weighted by Gasteiger charge is 2.15. The van der Waals surface area contributed by atoms with Crippen molar-refractivity contribution in [2.45, 2.75) is 19.8 Å². The van der Waals surface area contributed by atoms with E-state index in [0.29, 0.717) is 21.5 Å². The molecule has 2 rings (SSSR count). The van der Waals surface area contributed by atoms with Gasteiger partial charge in [0.2, 0.25) is 0 Å². The van der Waals surface area contributed by atoms with Crippen LogP contribution in [0.4, 0.5) is 10.2 Å². The Morgan fingerprint density at radius 1 is 1.47 bits per heavy atom. The quantitative estimate of drug-likeness (QED) is 0.911. The zero-order valence-corrected chi connectivity index (χ0v) is 11.0. The number of anilines is 1. The van der Waals surface area contributed by atoms with Gasteiger partial charge in [-0.3, -0.25) is 5.10 Å². The van der Waals surface area contributed by atoms with E-state index in [2.05, 4.69) is 26.1 Å². The Hall–Kier alpha value is -1.36. The molecule has 17 heavy (non-hydrogen) atoms. The van der Waals surface area contributed by atoms with Gasteiger partial charge in [-0.2, -0.15) is 5.10 Å². The van der Waals surface area contributed by atoms with Crippen LogP contribution in [0.2, 0.25) is 0 Å². The lowest BCUT2D eigenvalue weighted by atomic mass is 10.0. The zero-order valence-electron chi connectivity index (χ0n) is 9.43. The molecule has 3 N–H and O–H groups in total. The first-order chi connectivity index (χ1) is 8.13. The number of hydrogen-bond acceptors (Lipinski definition) is 2. The smallest absolute Gasteiger partial charge is 0.149 e. The molecular formula is C12H13BrFN3. The molecule has 1 aromatic carbocycles. The molecule has 90 valence electrons. The van der Waals surface area contributed by atoms with Crippen LogP contribution in [0, 0.1) is 5.82 Å². The van der Waals surface area contributed by atoms with Crippen LogP contribution in [0.5, 0.6) is 0 Å². The number of nitrogens with zero attached hydrogens (tertiary/aromatic N) is 1. The van der Waals surface area contributed by atoms with Gasteiger partial charge in [0.25, 0.3) is 0 Å². The first kappa shape index (κ1) is 12.1. The maximum absolute atomic E-state index is 13.8. The highest BCUT2D eigenvalue weighted by Crippen LogP contribution is 2.29. The van der Waals surface area contributed by atoms with Crippen LogP contribution in [0.15, 0.2) is 22.7 Å². The van der Waals surface area contributed by atoms with E-state index in [0.717, 1.165) is 18.4 Å². The molecule has 0 unspecified atom stereocenters. The number of rotatable bonds is 3. The number of nitrogen functional groups attached to an aromatic ring is 1. The lowest BCUT2D eigenvalue weighted by molar-refractivity contribution is 0.629. The number of halogens is 2. The summed E-state index contributed by atoms with van der Waals surface area (Å²) in [6.07, 6.45) is 1.72. The standard InChI is InChI=1S/C12H13BrFN3/c1-2-3-9-11(16-17-12(9)15)8-5-4-7(13)6-10(8)14/h4-6H,2-3H2,1H3,(H3,15,16,17). The SMILES string of the molecule is CCCc1c(N)n[nH]c1-c1ccc(Br)cc1F. The third-order valence-electron chi connectivity index (χ3n) is 2.60. The van der Waals surface area contributed by atoms with Gasteiger partial charge >= 0.3 is 0 Å². The van der Waals surface area contributed by atoms with Crippen LogP contribution in [0.25, 0.3) is 11.3 Å². The molecule has 1 aromatic heterocycles. The number of aromatic nitrogens is 2. The van der Waals surface area contributed by atoms with E-state index < -0.39 is 0 Å². The lowest BCUT2D eigenvalue weighted by Gasteiger charge is -2.04. The van der Waals surface area contributed by atoms with Crippen LogP contribution < -0.4 is 5.73 Å². The second kappa shape index (κ2) is 4.87. The van der Waals surface area contributed by atoms with E-state index in [1.165, 1.54) is 6.07 Å². The van der Waals surface area contributed by atoms with Crippen molar-refractivity contribution < 1.29 is 4.39 Å². The Labute approximate surface area is 107 Å². The zero-order chi connectivity index (χ0) is 12.4. The van der Waals surface area contributed by atoms with Crippen molar-refractivity contribution in [2.24, 2.45) is 0 Å². The summed E-state index contributed by atoms with van der Waals surface area (Å²) in [7, 11) is 0. The van der Waals surface area contributed by atoms with E-state index in [1.807, 2.05) is 6.92 Å². The summed E-state index contributed by atoms with van der Waals surface area (Å²) in [5, 5.41) is 6.75. The molecule has 0 radical (unpaired) electrons. The van der Waals surface area contributed by atoms with Crippen molar-refractivity contribution in [3.8, 4) is 11.3 Å². The molecule has 0 fully saturated rings. The van der Waals surface area contributed by atoms with E-state index in [4.69, 9.17) is 5.73 Å². The van der Waals surface area contributed by atoms with Crippen molar-refractivity contribution >= 4 is 21.7 Å². The molecule has 0 saturated heterocycles. The van der Waals surface area contributed by atoms with Gasteiger partial charge in [0.05, 0.1) is 5.69 Å². The number of nitrogens with one attached hydrogen (secondary N) is 1. The minimum absolute atomic E-state index is 0.291. The molecule has 0 aliphatic carbocycles. The van der Waals surface area contributed by atoms with Gasteiger partial charge in [-0.15, -0.1) is 0 Å². The minimum atomic E-state index is -0.291. The molecule has 1 heterocycles. The van der Waals surface area contributed by atoms with Crippen molar-refractivity contribution in [1.29, 1.82) is 0 Å². The fourth-order valence-corrected chi connectivity index (χ4v) is 2.13. The summed E-state index contributed by atoms with van der Waals surface area (Å²) in [5.74, 6) is 0.157. The Bertz CT molecular complexity index is 537. The van der Waals surface area contributed by atoms with Gasteiger partial charge in [-0.1, -0.05) is 29.3 Å². The second-order valence-electron chi connectivity index (χ2n) is 3.84. The van der Waals surface area contributed by atoms with Gasteiger partial charge in [-0.25, -0.2) is 4.39 Å². The van der Waals surface area contributed by atoms with Gasteiger partial charge in [-0.05, 0) is 24.6 Å². The first-order valence-corrected chi connectivity index (χ1v) is 6.21. The Morgan fingerprint density at radius 2 is 2.24 bits per heavy atom. The molecule has 0 aliphatic heterocycles. The summed E-state index contributed by atoms with van der Waals surface area (Å²) in [5.41, 5.74) is 7.83. The molecule has 5 heteroatoms. The number of hydrogen-bond donors (Lipinski definition) is 2. The lowest BCUT2D eigenvalue weighted by Crippen LogP contribution is -1.94. The summed E-state index contributed by atoms with van der Waals surface area (Å²) in [6, 6.07) is 4.94. The van der Waals surface area contributed by atoms with Gasteiger partial charge < -0.3 is 5.73 Å².